The van der Waals surface area contributed by atoms with Crippen LogP contribution in [0.2, 0.25) is 10.0 Å². The summed E-state index contributed by atoms with van der Waals surface area (Å²) in [6.07, 6.45) is -2.96. The minimum absolute atomic E-state index is 0.194. The molecule has 2 N–H and O–H groups in total. The van der Waals surface area contributed by atoms with Gasteiger partial charge < -0.3 is 10.6 Å². The first-order valence-corrected chi connectivity index (χ1v) is 8.65. The Balaban J connectivity index is 1.80. The van der Waals surface area contributed by atoms with Crippen LogP contribution in [0, 0.1) is 0 Å². The number of nitrogens with zero attached hydrogens (tertiary/aromatic N) is 1. The second-order valence-corrected chi connectivity index (χ2v) is 6.50. The number of alkyl halides is 3. The van der Waals surface area contributed by atoms with Gasteiger partial charge in [-0.25, -0.2) is 4.98 Å². The fraction of sp³-hybridized carbons (Fsp3) is 0.0526. The van der Waals surface area contributed by atoms with E-state index in [0.29, 0.717) is 16.4 Å². The number of carbonyl (C=O) groups excluding carboxylic acids is 1. The standard InChI is InChI=1S/C19H12Cl2F3N3O/c20-15-8-7-13(10-16(15)21)27-18(28)14-2-1-9-25-17(14)26-12-5-3-11(4-6-12)19(22,23)24/h1-10H,(H,25,26)(H,27,28). The van der Waals surface area contributed by atoms with Crippen LogP contribution in [-0.4, -0.2) is 10.9 Å². The summed E-state index contributed by atoms with van der Waals surface area (Å²) < 4.78 is 38.0. The lowest BCUT2D eigenvalue weighted by Gasteiger charge is -2.12. The average Bonchev–Trinajstić information content (AvgIpc) is 2.65. The molecule has 0 saturated carbocycles. The number of amides is 1. The maximum absolute atomic E-state index is 12.7. The number of carbonyl (C=O) groups is 1. The molecule has 0 spiro atoms. The molecule has 0 aliphatic heterocycles. The lowest BCUT2D eigenvalue weighted by Crippen LogP contribution is -2.14. The van der Waals surface area contributed by atoms with Gasteiger partial charge in [0.15, 0.2) is 0 Å². The molecule has 1 heterocycles. The number of pyridine rings is 1. The largest absolute Gasteiger partial charge is 0.416 e. The van der Waals surface area contributed by atoms with E-state index in [1.165, 1.54) is 30.5 Å². The Kier molecular flexibility index (Phi) is 5.76. The molecule has 3 aromatic rings. The monoisotopic (exact) mass is 425 g/mol. The van der Waals surface area contributed by atoms with Gasteiger partial charge in [0.05, 0.1) is 21.2 Å². The molecule has 0 bridgehead atoms. The SMILES string of the molecule is O=C(Nc1ccc(Cl)c(Cl)c1)c1cccnc1Nc1ccc(C(F)(F)F)cc1. The van der Waals surface area contributed by atoms with Gasteiger partial charge in [-0.15, -0.1) is 0 Å². The summed E-state index contributed by atoms with van der Waals surface area (Å²) in [6.45, 7) is 0. The van der Waals surface area contributed by atoms with Crippen molar-refractivity contribution in [2.45, 2.75) is 6.18 Å². The predicted molar refractivity (Wildman–Crippen MR) is 103 cm³/mol. The minimum atomic E-state index is -4.42. The Morgan fingerprint density at radius 2 is 1.61 bits per heavy atom. The number of halogens is 5. The molecule has 0 aliphatic carbocycles. The molecule has 0 atom stereocenters. The lowest BCUT2D eigenvalue weighted by atomic mass is 10.2. The summed E-state index contributed by atoms with van der Waals surface area (Å²) in [6, 6.07) is 12.2. The molecule has 2 aromatic carbocycles. The number of anilines is 3. The lowest BCUT2D eigenvalue weighted by molar-refractivity contribution is -0.137. The summed E-state index contributed by atoms with van der Waals surface area (Å²) in [4.78, 5) is 16.7. The zero-order chi connectivity index (χ0) is 20.3. The van der Waals surface area contributed by atoms with Crippen molar-refractivity contribution in [2.24, 2.45) is 0 Å². The quantitative estimate of drug-likeness (QED) is 0.508. The van der Waals surface area contributed by atoms with E-state index in [2.05, 4.69) is 15.6 Å². The van der Waals surface area contributed by atoms with E-state index in [1.807, 2.05) is 0 Å². The molecule has 0 fully saturated rings. The molecule has 28 heavy (non-hydrogen) atoms. The topological polar surface area (TPSA) is 54.0 Å². The number of hydrogen-bond donors (Lipinski definition) is 2. The molecule has 144 valence electrons. The smallest absolute Gasteiger partial charge is 0.340 e. The number of aromatic nitrogens is 1. The number of nitrogens with one attached hydrogen (secondary N) is 2. The van der Waals surface area contributed by atoms with E-state index in [-0.39, 0.29) is 16.4 Å². The number of hydrogen-bond acceptors (Lipinski definition) is 3. The van der Waals surface area contributed by atoms with Crippen molar-refractivity contribution in [1.29, 1.82) is 0 Å². The van der Waals surface area contributed by atoms with Crippen LogP contribution in [0.1, 0.15) is 15.9 Å². The van der Waals surface area contributed by atoms with Crippen molar-refractivity contribution < 1.29 is 18.0 Å². The van der Waals surface area contributed by atoms with Gasteiger partial charge in [-0.3, -0.25) is 4.79 Å². The van der Waals surface area contributed by atoms with Crippen molar-refractivity contribution in [3.63, 3.8) is 0 Å². The first kappa shape index (κ1) is 20.0. The van der Waals surface area contributed by atoms with Gasteiger partial charge in [-0.1, -0.05) is 23.2 Å². The summed E-state index contributed by atoms with van der Waals surface area (Å²) in [7, 11) is 0. The predicted octanol–water partition coefficient (Wildman–Crippen LogP) is 6.40. The summed E-state index contributed by atoms with van der Waals surface area (Å²) in [5, 5.41) is 6.16. The number of benzene rings is 2. The Hall–Kier alpha value is -2.77. The van der Waals surface area contributed by atoms with Crippen LogP contribution in [0.5, 0.6) is 0 Å². The molecule has 1 amide bonds. The van der Waals surface area contributed by atoms with Crippen LogP contribution in [0.3, 0.4) is 0 Å². The Morgan fingerprint density at radius 3 is 2.25 bits per heavy atom. The second-order valence-electron chi connectivity index (χ2n) is 5.68. The van der Waals surface area contributed by atoms with Crippen molar-refractivity contribution in [3.05, 3.63) is 82.0 Å². The molecular formula is C19H12Cl2F3N3O. The van der Waals surface area contributed by atoms with Gasteiger partial charge >= 0.3 is 6.18 Å². The Labute approximate surface area is 168 Å². The van der Waals surface area contributed by atoms with E-state index in [9.17, 15) is 18.0 Å². The average molecular weight is 426 g/mol. The zero-order valence-electron chi connectivity index (χ0n) is 14.0. The molecular weight excluding hydrogens is 414 g/mol. The summed E-state index contributed by atoms with van der Waals surface area (Å²) >= 11 is 11.8. The van der Waals surface area contributed by atoms with Crippen LogP contribution in [0.15, 0.2) is 60.8 Å². The summed E-state index contributed by atoms with van der Waals surface area (Å²) in [5.74, 6) is -0.277. The van der Waals surface area contributed by atoms with Gasteiger partial charge in [0.1, 0.15) is 5.82 Å². The zero-order valence-corrected chi connectivity index (χ0v) is 15.5. The van der Waals surface area contributed by atoms with Crippen LogP contribution in [0.25, 0.3) is 0 Å². The van der Waals surface area contributed by atoms with E-state index < -0.39 is 17.6 Å². The van der Waals surface area contributed by atoms with Gasteiger partial charge in [0.2, 0.25) is 0 Å². The van der Waals surface area contributed by atoms with Crippen LogP contribution in [0.4, 0.5) is 30.4 Å². The van der Waals surface area contributed by atoms with Gasteiger partial charge in [-0.2, -0.15) is 13.2 Å². The second kappa shape index (κ2) is 8.08. The molecule has 1 aromatic heterocycles. The van der Waals surface area contributed by atoms with Crippen LogP contribution < -0.4 is 10.6 Å². The Bertz CT molecular complexity index is 1010. The molecule has 3 rings (SSSR count). The molecule has 0 saturated heterocycles. The highest BCUT2D eigenvalue weighted by molar-refractivity contribution is 6.42. The highest BCUT2D eigenvalue weighted by Gasteiger charge is 2.30. The van der Waals surface area contributed by atoms with Crippen molar-refractivity contribution in [2.75, 3.05) is 10.6 Å². The molecule has 0 radical (unpaired) electrons. The van der Waals surface area contributed by atoms with Crippen molar-refractivity contribution in [3.8, 4) is 0 Å². The van der Waals surface area contributed by atoms with E-state index in [0.717, 1.165) is 12.1 Å². The first-order valence-electron chi connectivity index (χ1n) is 7.90. The van der Waals surface area contributed by atoms with E-state index >= 15 is 0 Å². The van der Waals surface area contributed by atoms with Crippen molar-refractivity contribution >= 4 is 46.3 Å². The van der Waals surface area contributed by atoms with Crippen LogP contribution >= 0.6 is 23.2 Å². The highest BCUT2D eigenvalue weighted by Crippen LogP contribution is 2.31. The van der Waals surface area contributed by atoms with Crippen LogP contribution in [-0.2, 0) is 6.18 Å². The van der Waals surface area contributed by atoms with Crippen molar-refractivity contribution in [1.82, 2.24) is 4.98 Å². The molecule has 0 unspecified atom stereocenters. The summed E-state index contributed by atoms with van der Waals surface area (Å²) in [5.41, 5.74) is 0.226. The first-order chi connectivity index (χ1) is 13.2. The van der Waals surface area contributed by atoms with E-state index in [1.54, 1.807) is 18.2 Å². The molecule has 9 heteroatoms. The fourth-order valence-corrected chi connectivity index (χ4v) is 2.64. The third-order valence-electron chi connectivity index (χ3n) is 3.70. The van der Waals surface area contributed by atoms with E-state index in [4.69, 9.17) is 23.2 Å². The third-order valence-corrected chi connectivity index (χ3v) is 4.44. The number of rotatable bonds is 4. The molecule has 4 nitrogen and oxygen atoms in total. The third kappa shape index (κ3) is 4.74. The fourth-order valence-electron chi connectivity index (χ4n) is 2.34. The normalized spacial score (nSPS) is 11.2. The maximum Gasteiger partial charge on any atom is 0.416 e. The Morgan fingerprint density at radius 1 is 0.929 bits per heavy atom. The van der Waals surface area contributed by atoms with Gasteiger partial charge in [-0.05, 0) is 54.6 Å². The van der Waals surface area contributed by atoms with Gasteiger partial charge in [0.25, 0.3) is 5.91 Å². The molecule has 0 aliphatic rings. The van der Waals surface area contributed by atoms with Gasteiger partial charge in [0, 0.05) is 17.6 Å². The highest BCUT2D eigenvalue weighted by atomic mass is 35.5. The minimum Gasteiger partial charge on any atom is -0.340 e. The maximum atomic E-state index is 12.7.